The monoisotopic (exact) mass is 294 g/mol. The molecule has 0 unspecified atom stereocenters. The zero-order valence-electron chi connectivity index (χ0n) is 13.2. The summed E-state index contributed by atoms with van der Waals surface area (Å²) < 4.78 is 32.0. The van der Waals surface area contributed by atoms with Gasteiger partial charge in [0.05, 0.1) is 13.1 Å². The molecule has 6 heteroatoms. The summed E-state index contributed by atoms with van der Waals surface area (Å²) in [7, 11) is 0. The topological polar surface area (TPSA) is 50.4 Å². The van der Waals surface area contributed by atoms with Gasteiger partial charge in [-0.05, 0) is 33.2 Å². The van der Waals surface area contributed by atoms with Crippen LogP contribution >= 0.6 is 0 Å². The minimum atomic E-state index is -2.98. The molecule has 0 rings (SSSR count). The molecule has 0 aliphatic rings. The van der Waals surface area contributed by atoms with Crippen molar-refractivity contribution in [2.24, 2.45) is 5.92 Å². The smallest absolute Gasteiger partial charge is 0.407 e. The molecule has 0 aromatic heterocycles. The normalized spacial score (nSPS) is 12.6. The highest BCUT2D eigenvalue weighted by Gasteiger charge is 2.30. The van der Waals surface area contributed by atoms with E-state index in [-0.39, 0.29) is 0 Å². The highest BCUT2D eigenvalue weighted by Crippen LogP contribution is 2.12. The number of carbonyl (C=O) groups excluding carboxylic acids is 1. The van der Waals surface area contributed by atoms with Crippen LogP contribution in [0.4, 0.5) is 13.6 Å². The number of rotatable bonds is 8. The number of halogens is 2. The number of hydrogen-bond donors (Lipinski definition) is 2. The predicted octanol–water partition coefficient (Wildman–Crippen LogP) is 3.17. The molecule has 0 saturated heterocycles. The van der Waals surface area contributed by atoms with Crippen LogP contribution in [-0.2, 0) is 4.74 Å². The summed E-state index contributed by atoms with van der Waals surface area (Å²) in [4.78, 5) is 11.3. The van der Waals surface area contributed by atoms with Crippen LogP contribution in [0.2, 0.25) is 0 Å². The Hall–Kier alpha value is -0.910. The molecule has 0 atom stereocenters. The second-order valence-electron chi connectivity index (χ2n) is 6.02. The van der Waals surface area contributed by atoms with Crippen LogP contribution in [0.25, 0.3) is 0 Å². The standard InChI is InChI=1S/C14H28F2N2O2/c1-6-11(7-2)8-17-9-14(15,16)10-18-12(19)20-13(3,4)5/h11,17H,6-10H2,1-5H3,(H,18,19). The SMILES string of the molecule is CCC(CC)CNCC(F)(F)CNC(=O)OC(C)(C)C. The van der Waals surface area contributed by atoms with Gasteiger partial charge in [0.2, 0.25) is 0 Å². The molecule has 1 amide bonds. The summed E-state index contributed by atoms with van der Waals surface area (Å²) in [6, 6.07) is 0. The van der Waals surface area contributed by atoms with Crippen molar-refractivity contribution in [3.05, 3.63) is 0 Å². The van der Waals surface area contributed by atoms with E-state index in [4.69, 9.17) is 4.74 Å². The van der Waals surface area contributed by atoms with E-state index in [0.717, 1.165) is 12.8 Å². The second kappa shape index (κ2) is 8.39. The molecule has 0 aromatic rings. The van der Waals surface area contributed by atoms with Gasteiger partial charge >= 0.3 is 6.09 Å². The van der Waals surface area contributed by atoms with Crippen LogP contribution in [0.15, 0.2) is 0 Å². The molecule has 0 saturated carbocycles. The van der Waals surface area contributed by atoms with Gasteiger partial charge in [-0.1, -0.05) is 26.7 Å². The van der Waals surface area contributed by atoms with Gasteiger partial charge in [-0.25, -0.2) is 13.6 Å². The average Bonchev–Trinajstić information content (AvgIpc) is 2.30. The fourth-order valence-corrected chi connectivity index (χ4v) is 1.61. The van der Waals surface area contributed by atoms with Crippen molar-refractivity contribution >= 4 is 6.09 Å². The lowest BCUT2D eigenvalue weighted by Gasteiger charge is -2.22. The number of carbonyl (C=O) groups is 1. The minimum absolute atomic E-state index is 0.407. The van der Waals surface area contributed by atoms with Crippen LogP contribution in [0, 0.1) is 5.92 Å². The molecule has 0 fully saturated rings. The Morgan fingerprint density at radius 3 is 2.15 bits per heavy atom. The highest BCUT2D eigenvalue weighted by atomic mass is 19.3. The van der Waals surface area contributed by atoms with Crippen LogP contribution in [0.1, 0.15) is 47.5 Å². The predicted molar refractivity (Wildman–Crippen MR) is 76.1 cm³/mol. The van der Waals surface area contributed by atoms with Crippen LogP contribution in [0.5, 0.6) is 0 Å². The largest absolute Gasteiger partial charge is 0.444 e. The summed E-state index contributed by atoms with van der Waals surface area (Å²) >= 11 is 0. The van der Waals surface area contributed by atoms with Crippen LogP contribution in [-0.4, -0.2) is 37.3 Å². The first-order valence-corrected chi connectivity index (χ1v) is 7.15. The molecule has 0 radical (unpaired) electrons. The van der Waals surface area contributed by atoms with Crippen molar-refractivity contribution in [3.63, 3.8) is 0 Å². The molecule has 120 valence electrons. The first-order chi connectivity index (χ1) is 9.09. The second-order valence-corrected chi connectivity index (χ2v) is 6.02. The lowest BCUT2D eigenvalue weighted by Crippen LogP contribution is -2.45. The zero-order chi connectivity index (χ0) is 15.8. The maximum Gasteiger partial charge on any atom is 0.407 e. The lowest BCUT2D eigenvalue weighted by atomic mass is 10.0. The number of ether oxygens (including phenoxy) is 1. The van der Waals surface area contributed by atoms with Gasteiger partial charge in [-0.15, -0.1) is 0 Å². The number of amides is 1. The van der Waals surface area contributed by atoms with Crippen molar-refractivity contribution in [1.82, 2.24) is 10.6 Å². The van der Waals surface area contributed by atoms with Gasteiger partial charge in [-0.3, -0.25) is 0 Å². The number of hydrogen-bond acceptors (Lipinski definition) is 3. The van der Waals surface area contributed by atoms with Gasteiger partial charge in [0.1, 0.15) is 5.60 Å². The number of alkyl carbamates (subject to hydrolysis) is 1. The molecule has 0 aliphatic heterocycles. The minimum Gasteiger partial charge on any atom is -0.444 e. The third kappa shape index (κ3) is 9.95. The van der Waals surface area contributed by atoms with Gasteiger partial charge in [0.15, 0.2) is 0 Å². The van der Waals surface area contributed by atoms with E-state index in [1.54, 1.807) is 20.8 Å². The Balaban J connectivity index is 3.98. The molecule has 0 bridgehead atoms. The average molecular weight is 294 g/mol. The van der Waals surface area contributed by atoms with E-state index in [0.29, 0.717) is 12.5 Å². The fraction of sp³-hybridized carbons (Fsp3) is 0.929. The first-order valence-electron chi connectivity index (χ1n) is 7.15. The third-order valence-corrected chi connectivity index (χ3v) is 2.86. The van der Waals surface area contributed by atoms with Crippen LogP contribution in [0.3, 0.4) is 0 Å². The highest BCUT2D eigenvalue weighted by molar-refractivity contribution is 5.67. The zero-order valence-corrected chi connectivity index (χ0v) is 13.2. The van der Waals surface area contributed by atoms with Crippen molar-refractivity contribution in [1.29, 1.82) is 0 Å². The molecular weight excluding hydrogens is 266 g/mol. The number of alkyl halides is 2. The first kappa shape index (κ1) is 19.1. The molecule has 0 aliphatic carbocycles. The van der Waals surface area contributed by atoms with E-state index < -0.39 is 30.7 Å². The van der Waals surface area contributed by atoms with E-state index in [9.17, 15) is 13.6 Å². The summed E-state index contributed by atoms with van der Waals surface area (Å²) in [5.74, 6) is -2.58. The van der Waals surface area contributed by atoms with E-state index in [2.05, 4.69) is 10.6 Å². The maximum atomic E-state index is 13.5. The maximum absolute atomic E-state index is 13.5. The Kier molecular flexibility index (Phi) is 8.01. The molecule has 4 nitrogen and oxygen atoms in total. The summed E-state index contributed by atoms with van der Waals surface area (Å²) in [6.07, 6.45) is 1.10. The molecule has 2 N–H and O–H groups in total. The Morgan fingerprint density at radius 1 is 1.15 bits per heavy atom. The Morgan fingerprint density at radius 2 is 1.70 bits per heavy atom. The third-order valence-electron chi connectivity index (χ3n) is 2.86. The van der Waals surface area contributed by atoms with Gasteiger partial charge in [-0.2, -0.15) is 0 Å². The molecule has 0 heterocycles. The van der Waals surface area contributed by atoms with Crippen molar-refractivity contribution < 1.29 is 18.3 Å². The van der Waals surface area contributed by atoms with Gasteiger partial charge in [0, 0.05) is 0 Å². The van der Waals surface area contributed by atoms with Gasteiger partial charge < -0.3 is 15.4 Å². The van der Waals surface area contributed by atoms with Crippen molar-refractivity contribution in [2.45, 2.75) is 59.0 Å². The molecular formula is C14H28F2N2O2. The summed E-state index contributed by atoms with van der Waals surface area (Å²) in [6.45, 7) is 8.52. The van der Waals surface area contributed by atoms with E-state index in [1.165, 1.54) is 0 Å². The van der Waals surface area contributed by atoms with Crippen molar-refractivity contribution in [2.75, 3.05) is 19.6 Å². The fourth-order valence-electron chi connectivity index (χ4n) is 1.61. The van der Waals surface area contributed by atoms with Gasteiger partial charge in [0.25, 0.3) is 5.92 Å². The Bertz CT molecular complexity index is 287. The number of nitrogens with one attached hydrogen (secondary N) is 2. The summed E-state index contributed by atoms with van der Waals surface area (Å²) in [5.41, 5.74) is -0.687. The molecule has 20 heavy (non-hydrogen) atoms. The van der Waals surface area contributed by atoms with E-state index >= 15 is 0 Å². The quantitative estimate of drug-likeness (QED) is 0.723. The van der Waals surface area contributed by atoms with E-state index in [1.807, 2.05) is 13.8 Å². The van der Waals surface area contributed by atoms with Crippen LogP contribution < -0.4 is 10.6 Å². The lowest BCUT2D eigenvalue weighted by molar-refractivity contribution is -0.00410. The Labute approximate surface area is 120 Å². The van der Waals surface area contributed by atoms with Crippen molar-refractivity contribution in [3.8, 4) is 0 Å². The summed E-state index contributed by atoms with van der Waals surface area (Å²) in [5, 5.41) is 4.85. The molecule has 0 spiro atoms. The molecule has 0 aromatic carbocycles.